The Morgan fingerprint density at radius 2 is 2.00 bits per heavy atom. The molecule has 0 radical (unpaired) electrons. The second-order valence-corrected chi connectivity index (χ2v) is 9.62. The topological polar surface area (TPSA) is 83.6 Å². The van der Waals surface area contributed by atoms with Crippen molar-refractivity contribution in [2.75, 3.05) is 24.6 Å². The van der Waals surface area contributed by atoms with Crippen molar-refractivity contribution >= 4 is 33.3 Å². The van der Waals surface area contributed by atoms with E-state index in [4.69, 9.17) is 11.6 Å². The molecule has 8 heteroatoms. The quantitative estimate of drug-likeness (QED) is 0.759. The second kappa shape index (κ2) is 8.86. The van der Waals surface area contributed by atoms with Crippen LogP contribution in [-0.2, 0) is 14.6 Å². The van der Waals surface area contributed by atoms with Crippen molar-refractivity contribution in [1.82, 2.24) is 10.2 Å². The van der Waals surface area contributed by atoms with Crippen molar-refractivity contribution < 1.29 is 18.0 Å². The average molecular weight is 401 g/mol. The molecule has 2 amide bonds. The monoisotopic (exact) mass is 400 g/mol. The molecule has 144 valence electrons. The van der Waals surface area contributed by atoms with Crippen molar-refractivity contribution in [3.63, 3.8) is 0 Å². The number of hydrogen-bond acceptors (Lipinski definition) is 4. The molecule has 1 atom stereocenters. The Balaban J connectivity index is 1.93. The third kappa shape index (κ3) is 5.71. The third-order valence-electron chi connectivity index (χ3n) is 4.27. The van der Waals surface area contributed by atoms with Gasteiger partial charge in [0.1, 0.15) is 0 Å². The van der Waals surface area contributed by atoms with Crippen molar-refractivity contribution in [1.29, 1.82) is 0 Å². The highest BCUT2D eigenvalue weighted by molar-refractivity contribution is 7.91. The number of amides is 2. The molecule has 0 aromatic heterocycles. The van der Waals surface area contributed by atoms with Crippen LogP contribution in [0.3, 0.4) is 0 Å². The van der Waals surface area contributed by atoms with Gasteiger partial charge in [-0.25, -0.2) is 8.42 Å². The molecule has 6 nitrogen and oxygen atoms in total. The first-order chi connectivity index (χ1) is 12.2. The molecule has 1 aromatic carbocycles. The van der Waals surface area contributed by atoms with Crippen LogP contribution in [0.2, 0.25) is 5.02 Å². The minimum atomic E-state index is -3.06. The summed E-state index contributed by atoms with van der Waals surface area (Å²) in [6, 6.07) is 6.44. The molecular weight excluding hydrogens is 376 g/mol. The number of halogens is 1. The second-order valence-electron chi connectivity index (χ2n) is 6.98. The predicted octanol–water partition coefficient (Wildman–Crippen LogP) is 2.13. The van der Waals surface area contributed by atoms with Crippen molar-refractivity contribution in [3.05, 3.63) is 34.9 Å². The highest BCUT2D eigenvalue weighted by atomic mass is 35.5. The van der Waals surface area contributed by atoms with Crippen LogP contribution < -0.4 is 5.32 Å². The Morgan fingerprint density at radius 1 is 1.31 bits per heavy atom. The first-order valence-corrected chi connectivity index (χ1v) is 10.9. The number of nitrogens with zero attached hydrogens (tertiary/aromatic N) is 1. The minimum absolute atomic E-state index is 0.0252. The van der Waals surface area contributed by atoms with E-state index in [2.05, 4.69) is 5.32 Å². The van der Waals surface area contributed by atoms with Crippen molar-refractivity contribution in [2.45, 2.75) is 32.7 Å². The molecule has 0 unspecified atom stereocenters. The number of hydrogen-bond donors (Lipinski definition) is 1. The summed E-state index contributed by atoms with van der Waals surface area (Å²) in [4.78, 5) is 26.4. The summed E-state index contributed by atoms with van der Waals surface area (Å²) in [5.74, 6) is -0.0808. The van der Waals surface area contributed by atoms with Gasteiger partial charge in [0, 0.05) is 25.6 Å². The number of carbonyl (C=O) groups excluding carboxylic acids is 2. The SMILES string of the molecule is CC(C)CN(C(=O)CCNC(=O)c1ccccc1Cl)[C@@H]1CCS(=O)(=O)C1. The first-order valence-electron chi connectivity index (χ1n) is 8.72. The number of nitrogens with one attached hydrogen (secondary N) is 1. The Labute approximate surface area is 159 Å². The van der Waals surface area contributed by atoms with E-state index in [1.807, 2.05) is 13.8 Å². The lowest BCUT2D eigenvalue weighted by Gasteiger charge is -2.30. The lowest BCUT2D eigenvalue weighted by Crippen LogP contribution is -2.44. The molecule has 1 aliphatic rings. The standard InChI is InChI=1S/C18H25ClN2O4S/c1-13(2)11-21(14-8-10-26(24,25)12-14)17(22)7-9-20-18(23)15-5-3-4-6-16(15)19/h3-6,13-14H,7-12H2,1-2H3,(H,20,23)/t14-/m1/s1. The molecular formula is C18H25ClN2O4S. The van der Waals surface area contributed by atoms with Gasteiger partial charge < -0.3 is 10.2 Å². The normalized spacial score (nSPS) is 18.7. The molecule has 1 aromatic rings. The molecule has 0 spiro atoms. The summed E-state index contributed by atoms with van der Waals surface area (Å²) in [5, 5.41) is 3.05. The molecule has 0 aliphatic carbocycles. The minimum Gasteiger partial charge on any atom is -0.351 e. The van der Waals surface area contributed by atoms with Crippen LogP contribution in [0.4, 0.5) is 0 Å². The highest BCUT2D eigenvalue weighted by Gasteiger charge is 2.34. The van der Waals surface area contributed by atoms with Crippen molar-refractivity contribution in [2.24, 2.45) is 5.92 Å². The zero-order chi connectivity index (χ0) is 19.3. The molecule has 1 fully saturated rings. The van der Waals surface area contributed by atoms with Gasteiger partial charge in [-0.2, -0.15) is 0 Å². The van der Waals surface area contributed by atoms with E-state index in [1.54, 1.807) is 29.2 Å². The van der Waals surface area contributed by atoms with Crippen LogP contribution in [0.5, 0.6) is 0 Å². The van der Waals surface area contributed by atoms with Crippen molar-refractivity contribution in [3.8, 4) is 0 Å². The van der Waals surface area contributed by atoms with Gasteiger partial charge in [0.2, 0.25) is 5.91 Å². The summed E-state index contributed by atoms with van der Waals surface area (Å²) in [7, 11) is -3.06. The fraction of sp³-hybridized carbons (Fsp3) is 0.556. The van der Waals surface area contributed by atoms with Gasteiger partial charge >= 0.3 is 0 Å². The van der Waals surface area contributed by atoms with Crippen LogP contribution in [0, 0.1) is 5.92 Å². The van der Waals surface area contributed by atoms with Crippen LogP contribution in [0.1, 0.15) is 37.0 Å². The summed E-state index contributed by atoms with van der Waals surface area (Å²) >= 11 is 5.99. The molecule has 1 aliphatic heterocycles. The van der Waals surface area contributed by atoms with E-state index in [-0.39, 0.29) is 48.2 Å². The maximum absolute atomic E-state index is 12.6. The molecule has 0 bridgehead atoms. The summed E-state index contributed by atoms with van der Waals surface area (Å²) in [5.41, 5.74) is 0.363. The van der Waals surface area contributed by atoms with Crippen LogP contribution in [-0.4, -0.2) is 55.8 Å². The molecule has 2 rings (SSSR count). The predicted molar refractivity (Wildman–Crippen MR) is 102 cm³/mol. The number of rotatable bonds is 7. The highest BCUT2D eigenvalue weighted by Crippen LogP contribution is 2.20. The molecule has 1 N–H and O–H groups in total. The van der Waals surface area contributed by atoms with Gasteiger partial charge in [-0.3, -0.25) is 9.59 Å². The summed E-state index contributed by atoms with van der Waals surface area (Å²) in [6.07, 6.45) is 0.603. The number of sulfone groups is 1. The third-order valence-corrected chi connectivity index (χ3v) is 6.35. The van der Waals surface area contributed by atoms with Gasteiger partial charge in [-0.05, 0) is 24.5 Å². The average Bonchev–Trinajstić information content (AvgIpc) is 2.92. The summed E-state index contributed by atoms with van der Waals surface area (Å²) in [6.45, 7) is 4.67. The van der Waals surface area contributed by atoms with E-state index in [1.165, 1.54) is 0 Å². The number of benzene rings is 1. The van der Waals surface area contributed by atoms with Crippen LogP contribution in [0.15, 0.2) is 24.3 Å². The van der Waals surface area contributed by atoms with Crippen LogP contribution in [0.25, 0.3) is 0 Å². The smallest absolute Gasteiger partial charge is 0.252 e. The Bertz CT molecular complexity index is 764. The van der Waals surface area contributed by atoms with E-state index in [0.29, 0.717) is 23.6 Å². The van der Waals surface area contributed by atoms with Gasteiger partial charge in [0.05, 0.1) is 22.1 Å². The maximum Gasteiger partial charge on any atom is 0.252 e. The lowest BCUT2D eigenvalue weighted by molar-refractivity contribution is -0.133. The van der Waals surface area contributed by atoms with E-state index < -0.39 is 9.84 Å². The Hall–Kier alpha value is -1.60. The zero-order valence-corrected chi connectivity index (χ0v) is 16.6. The Kier molecular flexibility index (Phi) is 7.06. The fourth-order valence-corrected chi connectivity index (χ4v) is 4.99. The van der Waals surface area contributed by atoms with Gasteiger partial charge in [-0.1, -0.05) is 37.6 Å². The van der Waals surface area contributed by atoms with Gasteiger partial charge in [-0.15, -0.1) is 0 Å². The molecule has 1 saturated heterocycles. The van der Waals surface area contributed by atoms with E-state index in [0.717, 1.165) is 0 Å². The maximum atomic E-state index is 12.6. The van der Waals surface area contributed by atoms with E-state index in [9.17, 15) is 18.0 Å². The summed E-state index contributed by atoms with van der Waals surface area (Å²) < 4.78 is 23.5. The molecule has 0 saturated carbocycles. The largest absolute Gasteiger partial charge is 0.351 e. The fourth-order valence-electron chi connectivity index (χ4n) is 3.04. The lowest BCUT2D eigenvalue weighted by atomic mass is 10.1. The molecule has 1 heterocycles. The van der Waals surface area contributed by atoms with Gasteiger partial charge in [0.15, 0.2) is 9.84 Å². The first kappa shape index (κ1) is 20.7. The number of carbonyl (C=O) groups is 2. The van der Waals surface area contributed by atoms with Crippen LogP contribution >= 0.6 is 11.6 Å². The molecule has 26 heavy (non-hydrogen) atoms. The zero-order valence-electron chi connectivity index (χ0n) is 15.1. The Morgan fingerprint density at radius 3 is 2.58 bits per heavy atom. The van der Waals surface area contributed by atoms with Gasteiger partial charge in [0.25, 0.3) is 5.91 Å². The van der Waals surface area contributed by atoms with E-state index >= 15 is 0 Å².